The molecule has 4 aromatic rings. The first-order valence-corrected chi connectivity index (χ1v) is 8.61. The minimum atomic E-state index is -0.620. The average molecular weight is 394 g/mol. The highest BCUT2D eigenvalue weighted by Gasteiger charge is 2.14. The molecule has 4 rings (SSSR count). The van der Waals surface area contributed by atoms with E-state index < -0.39 is 4.92 Å². The molecule has 2 aromatic carbocycles. The summed E-state index contributed by atoms with van der Waals surface area (Å²) in [6.45, 7) is 0. The molecule has 0 aliphatic rings. The maximum absolute atomic E-state index is 13.1. The molecule has 8 heteroatoms. The highest BCUT2D eigenvalue weighted by molar-refractivity contribution is 6.32. The second kappa shape index (κ2) is 7.13. The van der Waals surface area contributed by atoms with Crippen molar-refractivity contribution >= 4 is 40.5 Å². The Balaban J connectivity index is 1.92. The second-order valence-electron chi connectivity index (χ2n) is 5.85. The molecule has 138 valence electrons. The number of aromatic nitrogens is 2. The zero-order chi connectivity index (χ0) is 19.7. The lowest BCUT2D eigenvalue weighted by Crippen LogP contribution is -2.22. The van der Waals surface area contributed by atoms with Crippen LogP contribution in [-0.2, 0) is 0 Å². The van der Waals surface area contributed by atoms with Crippen molar-refractivity contribution in [3.05, 3.63) is 97.7 Å². The Labute approximate surface area is 163 Å². The lowest BCUT2D eigenvalue weighted by Gasteiger charge is -2.12. The average Bonchev–Trinajstić information content (AvgIpc) is 3.17. The molecular formula is C20H12ClN3O4. The van der Waals surface area contributed by atoms with Crippen LogP contribution in [0.4, 0.5) is 5.88 Å². The van der Waals surface area contributed by atoms with Gasteiger partial charge in [0.2, 0.25) is 0 Å². The van der Waals surface area contributed by atoms with Crippen LogP contribution >= 0.6 is 11.6 Å². The van der Waals surface area contributed by atoms with Crippen LogP contribution in [0, 0.1) is 10.1 Å². The first kappa shape index (κ1) is 17.7. The minimum Gasteiger partial charge on any atom is -0.401 e. The summed E-state index contributed by atoms with van der Waals surface area (Å²) in [6, 6.07) is 16.6. The Hall–Kier alpha value is -3.71. The summed E-state index contributed by atoms with van der Waals surface area (Å²) < 4.78 is 6.53. The molecule has 2 aromatic heterocycles. The van der Waals surface area contributed by atoms with E-state index in [1.165, 1.54) is 22.8 Å². The van der Waals surface area contributed by atoms with Gasteiger partial charge in [-0.15, -0.1) is 0 Å². The number of hydrogen-bond donors (Lipinski definition) is 0. The maximum Gasteiger partial charge on any atom is 0.433 e. The molecule has 0 spiro atoms. The van der Waals surface area contributed by atoms with Crippen LogP contribution in [0.15, 0.2) is 69.9 Å². The molecular weight excluding hydrogens is 382 g/mol. The van der Waals surface area contributed by atoms with Gasteiger partial charge in [-0.25, -0.2) is 4.98 Å². The van der Waals surface area contributed by atoms with E-state index in [4.69, 9.17) is 16.0 Å². The van der Waals surface area contributed by atoms with Crippen LogP contribution in [0.2, 0.25) is 5.02 Å². The van der Waals surface area contributed by atoms with Crippen LogP contribution in [0.25, 0.3) is 28.7 Å². The smallest absolute Gasteiger partial charge is 0.401 e. The van der Waals surface area contributed by atoms with Gasteiger partial charge in [-0.3, -0.25) is 19.5 Å². The molecule has 0 fully saturated rings. The third kappa shape index (κ3) is 3.19. The minimum absolute atomic E-state index is 0.264. The molecule has 2 heterocycles. The van der Waals surface area contributed by atoms with E-state index in [1.807, 2.05) is 0 Å². The van der Waals surface area contributed by atoms with E-state index in [0.29, 0.717) is 27.4 Å². The fraction of sp³-hybridized carbons (Fsp3) is 0. The Morgan fingerprint density at radius 1 is 1.04 bits per heavy atom. The fourth-order valence-electron chi connectivity index (χ4n) is 2.81. The third-order valence-corrected chi connectivity index (χ3v) is 4.40. The summed E-state index contributed by atoms with van der Waals surface area (Å²) >= 11 is 6.30. The normalized spacial score (nSPS) is 11.3. The molecule has 0 saturated heterocycles. The van der Waals surface area contributed by atoms with Crippen molar-refractivity contribution in [3.63, 3.8) is 0 Å². The third-order valence-electron chi connectivity index (χ3n) is 4.08. The van der Waals surface area contributed by atoms with E-state index in [-0.39, 0.29) is 17.2 Å². The van der Waals surface area contributed by atoms with Crippen molar-refractivity contribution < 1.29 is 9.34 Å². The summed E-state index contributed by atoms with van der Waals surface area (Å²) in [6.07, 6.45) is 3.07. The molecule has 0 bridgehead atoms. The Bertz CT molecular complexity index is 1290. The highest BCUT2D eigenvalue weighted by Crippen LogP contribution is 2.23. The first-order chi connectivity index (χ1) is 13.5. The monoisotopic (exact) mass is 393 g/mol. The Kier molecular flexibility index (Phi) is 4.50. The number of nitro groups is 1. The summed E-state index contributed by atoms with van der Waals surface area (Å²) in [4.78, 5) is 27.8. The molecule has 0 atom stereocenters. The quantitative estimate of drug-likeness (QED) is 0.370. The number of para-hydroxylation sites is 2. The number of rotatable bonds is 4. The fourth-order valence-corrected chi connectivity index (χ4v) is 3.03. The van der Waals surface area contributed by atoms with Gasteiger partial charge in [0.15, 0.2) is 0 Å². The summed E-state index contributed by atoms with van der Waals surface area (Å²) in [5.74, 6) is 0.213. The van der Waals surface area contributed by atoms with E-state index in [2.05, 4.69) is 4.98 Å². The van der Waals surface area contributed by atoms with Crippen molar-refractivity contribution in [2.24, 2.45) is 0 Å². The molecule has 0 N–H and O–H groups in total. The van der Waals surface area contributed by atoms with Crippen LogP contribution in [0.3, 0.4) is 0 Å². The number of nitrogens with zero attached hydrogens (tertiary/aromatic N) is 3. The van der Waals surface area contributed by atoms with Gasteiger partial charge in [0.1, 0.15) is 16.5 Å². The van der Waals surface area contributed by atoms with Gasteiger partial charge in [0, 0.05) is 0 Å². The molecule has 0 unspecified atom stereocenters. The van der Waals surface area contributed by atoms with Crippen molar-refractivity contribution in [3.8, 4) is 5.69 Å². The Morgan fingerprint density at radius 2 is 1.79 bits per heavy atom. The van der Waals surface area contributed by atoms with Crippen molar-refractivity contribution in [1.82, 2.24) is 9.55 Å². The predicted octanol–water partition coefficient (Wildman–Crippen LogP) is 4.71. The number of fused-ring (bicyclic) bond motifs is 1. The molecule has 0 aliphatic heterocycles. The maximum atomic E-state index is 13.1. The largest absolute Gasteiger partial charge is 0.433 e. The van der Waals surface area contributed by atoms with E-state index in [0.717, 1.165) is 0 Å². The van der Waals surface area contributed by atoms with E-state index >= 15 is 0 Å². The summed E-state index contributed by atoms with van der Waals surface area (Å²) in [7, 11) is 0. The summed E-state index contributed by atoms with van der Waals surface area (Å²) in [5, 5.41) is 11.6. The van der Waals surface area contributed by atoms with Gasteiger partial charge in [0.05, 0.1) is 27.7 Å². The van der Waals surface area contributed by atoms with Crippen molar-refractivity contribution in [2.45, 2.75) is 0 Å². The van der Waals surface area contributed by atoms with E-state index in [9.17, 15) is 14.9 Å². The molecule has 0 saturated carbocycles. The number of benzene rings is 2. The Morgan fingerprint density at radius 3 is 2.54 bits per heavy atom. The van der Waals surface area contributed by atoms with Crippen LogP contribution in [-0.4, -0.2) is 14.5 Å². The SMILES string of the molecule is O=c1c2ccccc2nc(/C=C/c2ccc([N+](=O)[O-])o2)n1-c1ccccc1Cl. The van der Waals surface area contributed by atoms with Gasteiger partial charge in [-0.1, -0.05) is 35.9 Å². The molecule has 7 nitrogen and oxygen atoms in total. The summed E-state index contributed by atoms with van der Waals surface area (Å²) in [5.41, 5.74) is 0.738. The second-order valence-corrected chi connectivity index (χ2v) is 6.25. The highest BCUT2D eigenvalue weighted by atomic mass is 35.5. The van der Waals surface area contributed by atoms with Gasteiger partial charge >= 0.3 is 5.88 Å². The topological polar surface area (TPSA) is 91.2 Å². The predicted molar refractivity (Wildman–Crippen MR) is 107 cm³/mol. The molecule has 0 radical (unpaired) electrons. The van der Waals surface area contributed by atoms with E-state index in [1.54, 1.807) is 54.6 Å². The number of hydrogen-bond acceptors (Lipinski definition) is 5. The first-order valence-electron chi connectivity index (χ1n) is 8.23. The van der Waals surface area contributed by atoms with Crippen LogP contribution in [0.1, 0.15) is 11.6 Å². The molecule has 0 amide bonds. The van der Waals surface area contributed by atoms with Gasteiger partial charge in [0.25, 0.3) is 5.56 Å². The molecule has 28 heavy (non-hydrogen) atoms. The van der Waals surface area contributed by atoms with Crippen molar-refractivity contribution in [2.75, 3.05) is 0 Å². The van der Waals surface area contributed by atoms with Gasteiger partial charge < -0.3 is 4.42 Å². The van der Waals surface area contributed by atoms with Gasteiger partial charge in [-0.05, 0) is 42.5 Å². The zero-order valence-electron chi connectivity index (χ0n) is 14.3. The lowest BCUT2D eigenvalue weighted by atomic mass is 10.2. The number of halogens is 1. The lowest BCUT2D eigenvalue weighted by molar-refractivity contribution is -0.402. The van der Waals surface area contributed by atoms with Crippen LogP contribution < -0.4 is 5.56 Å². The molecule has 0 aliphatic carbocycles. The number of furan rings is 1. The van der Waals surface area contributed by atoms with Gasteiger partial charge in [-0.2, -0.15) is 0 Å². The standard InChI is InChI=1S/C20H12ClN3O4/c21-15-6-2-4-8-17(15)23-18(11-9-13-10-12-19(28-13)24(26)27)22-16-7-3-1-5-14(16)20(23)25/h1-12H/b11-9+. The van der Waals surface area contributed by atoms with Crippen LogP contribution in [0.5, 0.6) is 0 Å². The van der Waals surface area contributed by atoms with Crippen molar-refractivity contribution in [1.29, 1.82) is 0 Å². The zero-order valence-corrected chi connectivity index (χ0v) is 15.0.